The average Bonchev–Trinajstić information content (AvgIpc) is 2.13. The Morgan fingerprint density at radius 3 is 2.12 bits per heavy atom. The van der Waals surface area contributed by atoms with Crippen LogP contribution in [0.2, 0.25) is 0 Å². The molecule has 0 bridgehead atoms. The maximum absolute atomic E-state index is 11.1. The molecular weight excluding hydrogens is 268 g/mol. The van der Waals surface area contributed by atoms with E-state index in [1.165, 1.54) is 0 Å². The van der Waals surface area contributed by atoms with Gasteiger partial charge in [0.15, 0.2) is 0 Å². The van der Waals surface area contributed by atoms with E-state index in [1.54, 1.807) is 13.8 Å². The van der Waals surface area contributed by atoms with Gasteiger partial charge >= 0.3 is 5.97 Å². The Morgan fingerprint density at radius 2 is 1.75 bits per heavy atom. The van der Waals surface area contributed by atoms with Gasteiger partial charge in [0.1, 0.15) is 0 Å². The molecule has 88 valence electrons. The summed E-state index contributed by atoms with van der Waals surface area (Å²) in [5.41, 5.74) is 2.66. The van der Waals surface area contributed by atoms with Crippen LogP contribution in [0.1, 0.15) is 30.5 Å². The molecule has 3 heteroatoms. The molecule has 2 nitrogen and oxygen atoms in total. The Kier molecular flexibility index (Phi) is 3.79. The molecule has 0 radical (unpaired) electrons. The van der Waals surface area contributed by atoms with E-state index in [0.29, 0.717) is 6.42 Å². The Hall–Kier alpha value is -0.830. The number of rotatable bonds is 3. The van der Waals surface area contributed by atoms with Gasteiger partial charge in [-0.3, -0.25) is 4.79 Å². The van der Waals surface area contributed by atoms with Crippen molar-refractivity contribution in [3.05, 3.63) is 33.3 Å². The van der Waals surface area contributed by atoms with E-state index in [4.69, 9.17) is 5.11 Å². The quantitative estimate of drug-likeness (QED) is 0.919. The van der Waals surface area contributed by atoms with Crippen LogP contribution < -0.4 is 0 Å². The number of carboxylic acids is 1. The highest BCUT2D eigenvalue weighted by atomic mass is 79.9. The monoisotopic (exact) mass is 284 g/mol. The molecule has 0 saturated heterocycles. The third kappa shape index (κ3) is 2.85. The van der Waals surface area contributed by atoms with Gasteiger partial charge in [-0.2, -0.15) is 0 Å². The largest absolute Gasteiger partial charge is 0.481 e. The smallest absolute Gasteiger partial charge is 0.309 e. The Labute approximate surface area is 105 Å². The van der Waals surface area contributed by atoms with Gasteiger partial charge in [0.2, 0.25) is 0 Å². The molecule has 0 aliphatic heterocycles. The van der Waals surface area contributed by atoms with Crippen LogP contribution in [0.25, 0.3) is 0 Å². The van der Waals surface area contributed by atoms with Gasteiger partial charge < -0.3 is 5.11 Å². The van der Waals surface area contributed by atoms with E-state index >= 15 is 0 Å². The molecule has 0 heterocycles. The summed E-state index contributed by atoms with van der Waals surface area (Å²) >= 11 is 3.51. The fraction of sp³-hybridized carbons (Fsp3) is 0.462. The van der Waals surface area contributed by atoms with Crippen LogP contribution in [0, 0.1) is 19.3 Å². The van der Waals surface area contributed by atoms with Crippen molar-refractivity contribution in [2.45, 2.75) is 34.1 Å². The van der Waals surface area contributed by atoms with Crippen molar-refractivity contribution >= 4 is 21.9 Å². The first kappa shape index (κ1) is 13.2. The molecule has 0 aliphatic rings. The van der Waals surface area contributed by atoms with Crippen molar-refractivity contribution in [3.8, 4) is 0 Å². The lowest BCUT2D eigenvalue weighted by Crippen LogP contribution is -2.26. The van der Waals surface area contributed by atoms with Gasteiger partial charge in [0.05, 0.1) is 5.41 Å². The maximum atomic E-state index is 11.1. The number of aliphatic carboxylic acids is 1. The Morgan fingerprint density at radius 1 is 1.31 bits per heavy atom. The molecule has 0 spiro atoms. The number of benzene rings is 1. The van der Waals surface area contributed by atoms with Gasteiger partial charge in [0, 0.05) is 4.47 Å². The summed E-state index contributed by atoms with van der Waals surface area (Å²) in [6, 6.07) is 4.09. The van der Waals surface area contributed by atoms with E-state index in [2.05, 4.69) is 15.9 Å². The van der Waals surface area contributed by atoms with Gasteiger partial charge in [-0.05, 0) is 50.8 Å². The third-order valence-electron chi connectivity index (χ3n) is 2.72. The summed E-state index contributed by atoms with van der Waals surface area (Å²) in [7, 11) is 0. The first-order valence-corrected chi connectivity index (χ1v) is 6.02. The predicted molar refractivity (Wildman–Crippen MR) is 68.7 cm³/mol. The summed E-state index contributed by atoms with van der Waals surface area (Å²) in [6.07, 6.45) is 0.553. The van der Waals surface area contributed by atoms with Gasteiger partial charge in [0.25, 0.3) is 0 Å². The summed E-state index contributed by atoms with van der Waals surface area (Å²) in [5.74, 6) is -0.759. The van der Waals surface area contributed by atoms with Crippen LogP contribution in [0.4, 0.5) is 0 Å². The molecule has 1 N–H and O–H groups in total. The Bertz CT molecular complexity index is 399. The second-order valence-corrected chi connectivity index (χ2v) is 5.70. The number of carbonyl (C=O) groups is 1. The van der Waals surface area contributed by atoms with E-state index in [9.17, 15) is 4.79 Å². The number of aryl methyl sites for hydroxylation is 2. The second-order valence-electron chi connectivity index (χ2n) is 4.91. The number of halogens is 1. The third-order valence-corrected chi connectivity index (χ3v) is 3.97. The molecular formula is C13H17BrO2. The molecule has 0 amide bonds. The minimum atomic E-state index is -0.759. The lowest BCUT2D eigenvalue weighted by atomic mass is 9.85. The highest BCUT2D eigenvalue weighted by Crippen LogP contribution is 2.27. The zero-order valence-electron chi connectivity index (χ0n) is 10.1. The second kappa shape index (κ2) is 4.58. The van der Waals surface area contributed by atoms with Gasteiger partial charge in [-0.1, -0.05) is 28.1 Å². The molecule has 1 aromatic rings. The van der Waals surface area contributed by atoms with Crippen molar-refractivity contribution in [1.29, 1.82) is 0 Å². The van der Waals surface area contributed by atoms with Crippen molar-refractivity contribution in [2.24, 2.45) is 5.41 Å². The van der Waals surface area contributed by atoms with E-state index in [-0.39, 0.29) is 0 Å². The summed E-state index contributed by atoms with van der Waals surface area (Å²) in [5, 5.41) is 9.09. The fourth-order valence-corrected chi connectivity index (χ4v) is 1.95. The van der Waals surface area contributed by atoms with E-state index in [0.717, 1.165) is 21.2 Å². The minimum absolute atomic E-state index is 0.553. The standard InChI is InChI=1S/C13H17BrO2/c1-8-5-10(6-9(2)11(8)14)7-13(3,4)12(15)16/h5-6H,7H2,1-4H3,(H,15,16). The summed E-state index contributed by atoms with van der Waals surface area (Å²) < 4.78 is 1.10. The first-order valence-electron chi connectivity index (χ1n) is 5.23. The minimum Gasteiger partial charge on any atom is -0.481 e. The lowest BCUT2D eigenvalue weighted by molar-refractivity contribution is -0.146. The highest BCUT2D eigenvalue weighted by Gasteiger charge is 2.27. The topological polar surface area (TPSA) is 37.3 Å². The van der Waals surface area contributed by atoms with Crippen molar-refractivity contribution < 1.29 is 9.90 Å². The van der Waals surface area contributed by atoms with Crippen molar-refractivity contribution in [1.82, 2.24) is 0 Å². The molecule has 0 atom stereocenters. The summed E-state index contributed by atoms with van der Waals surface area (Å²) in [6.45, 7) is 7.55. The average molecular weight is 285 g/mol. The normalized spacial score (nSPS) is 11.6. The first-order chi connectivity index (χ1) is 7.24. The summed E-state index contributed by atoms with van der Waals surface area (Å²) in [4.78, 5) is 11.1. The molecule has 0 aromatic heterocycles. The zero-order chi connectivity index (χ0) is 12.5. The number of hydrogen-bond acceptors (Lipinski definition) is 1. The van der Waals surface area contributed by atoms with Crippen LogP contribution in [-0.4, -0.2) is 11.1 Å². The van der Waals surface area contributed by atoms with Gasteiger partial charge in [-0.25, -0.2) is 0 Å². The molecule has 0 aliphatic carbocycles. The van der Waals surface area contributed by atoms with Crippen LogP contribution in [-0.2, 0) is 11.2 Å². The molecule has 0 fully saturated rings. The fourth-order valence-electron chi connectivity index (χ4n) is 1.72. The zero-order valence-corrected chi connectivity index (χ0v) is 11.7. The van der Waals surface area contributed by atoms with Gasteiger partial charge in [-0.15, -0.1) is 0 Å². The molecule has 1 aromatic carbocycles. The SMILES string of the molecule is Cc1cc(CC(C)(C)C(=O)O)cc(C)c1Br. The van der Waals surface area contributed by atoms with Crippen LogP contribution in [0.15, 0.2) is 16.6 Å². The molecule has 16 heavy (non-hydrogen) atoms. The van der Waals surface area contributed by atoms with E-state index < -0.39 is 11.4 Å². The number of hydrogen-bond donors (Lipinski definition) is 1. The van der Waals surface area contributed by atoms with Crippen LogP contribution >= 0.6 is 15.9 Å². The molecule has 1 rings (SSSR count). The van der Waals surface area contributed by atoms with E-state index in [1.807, 2.05) is 26.0 Å². The van der Waals surface area contributed by atoms with Crippen LogP contribution in [0.5, 0.6) is 0 Å². The number of carboxylic acid groups (broad SMARTS) is 1. The predicted octanol–water partition coefficient (Wildman–Crippen LogP) is 3.72. The maximum Gasteiger partial charge on any atom is 0.309 e. The molecule has 0 unspecified atom stereocenters. The van der Waals surface area contributed by atoms with Crippen LogP contribution in [0.3, 0.4) is 0 Å². The van der Waals surface area contributed by atoms with Crippen molar-refractivity contribution in [3.63, 3.8) is 0 Å². The highest BCUT2D eigenvalue weighted by molar-refractivity contribution is 9.10. The lowest BCUT2D eigenvalue weighted by Gasteiger charge is -2.20. The Balaban J connectivity index is 3.04. The molecule has 0 saturated carbocycles. The van der Waals surface area contributed by atoms with Crippen molar-refractivity contribution in [2.75, 3.05) is 0 Å².